The maximum atomic E-state index is 4.25. The molecule has 0 bridgehead atoms. The van der Waals surface area contributed by atoms with Crippen LogP contribution in [0.15, 0.2) is 73.1 Å². The van der Waals surface area contributed by atoms with Crippen molar-refractivity contribution in [3.63, 3.8) is 0 Å². The van der Waals surface area contributed by atoms with Gasteiger partial charge in [-0.2, -0.15) is 0 Å². The van der Waals surface area contributed by atoms with Crippen LogP contribution in [-0.4, -0.2) is 42.0 Å². The Morgan fingerprint density at radius 2 is 0.957 bits per heavy atom. The first kappa shape index (κ1) is 18.3. The van der Waals surface area contributed by atoms with Gasteiger partial charge in [0.25, 0.3) is 0 Å². The molecular formula is C18H12N2PdSe2. The number of rotatable bonds is 0. The van der Waals surface area contributed by atoms with Crippen LogP contribution >= 0.6 is 0 Å². The maximum absolute atomic E-state index is 4.25. The van der Waals surface area contributed by atoms with Crippen LogP contribution in [0.1, 0.15) is 0 Å². The van der Waals surface area contributed by atoms with Gasteiger partial charge in [0.1, 0.15) is 0 Å². The van der Waals surface area contributed by atoms with Crippen LogP contribution in [0, 0.1) is 0 Å². The van der Waals surface area contributed by atoms with E-state index in [0.29, 0.717) is 0 Å². The summed E-state index contributed by atoms with van der Waals surface area (Å²) in [5.41, 5.74) is 2.10. The molecule has 2 aromatic carbocycles. The molecule has 116 valence electrons. The Morgan fingerprint density at radius 3 is 1.35 bits per heavy atom. The summed E-state index contributed by atoms with van der Waals surface area (Å²) >= 11 is 5.96. The number of pyridine rings is 2. The fourth-order valence-corrected chi connectivity index (χ4v) is 3.20. The third kappa shape index (κ3) is 4.49. The zero-order valence-electron chi connectivity index (χ0n) is 12.0. The molecule has 23 heavy (non-hydrogen) atoms. The average molecular weight is 521 g/mol. The first-order valence-electron chi connectivity index (χ1n) is 6.77. The van der Waals surface area contributed by atoms with E-state index in [4.69, 9.17) is 0 Å². The number of hydrogen-bond donors (Lipinski definition) is 0. The van der Waals surface area contributed by atoms with Gasteiger partial charge in [0.2, 0.25) is 0 Å². The van der Waals surface area contributed by atoms with E-state index in [9.17, 15) is 0 Å². The number of para-hydroxylation sites is 2. The second kappa shape index (κ2) is 8.71. The zero-order valence-corrected chi connectivity index (χ0v) is 16.9. The normalized spacial score (nSPS) is 9.74. The fourth-order valence-electron chi connectivity index (χ4n) is 2.15. The topological polar surface area (TPSA) is 25.8 Å². The van der Waals surface area contributed by atoms with Crippen LogP contribution in [0.3, 0.4) is 0 Å². The predicted octanol–water partition coefficient (Wildman–Crippen LogP) is 2.05. The molecule has 2 radical (unpaired) electrons. The van der Waals surface area contributed by atoms with Gasteiger partial charge in [0.15, 0.2) is 0 Å². The molecule has 0 fully saturated rings. The van der Waals surface area contributed by atoms with Crippen LogP contribution in [-0.2, 0) is 20.4 Å². The average Bonchev–Trinajstić information content (AvgIpc) is 2.57. The Morgan fingerprint density at radius 1 is 0.565 bits per heavy atom. The third-order valence-corrected chi connectivity index (χ3v) is 4.57. The van der Waals surface area contributed by atoms with Crippen LogP contribution in [0.25, 0.3) is 21.8 Å². The van der Waals surface area contributed by atoms with Crippen LogP contribution in [0.2, 0.25) is 0 Å². The second-order valence-electron chi connectivity index (χ2n) is 4.66. The summed E-state index contributed by atoms with van der Waals surface area (Å²) < 4.78 is 2.23. The molecule has 0 N–H and O–H groups in total. The summed E-state index contributed by atoms with van der Waals surface area (Å²) in [7, 11) is 0. The summed E-state index contributed by atoms with van der Waals surface area (Å²) in [6.45, 7) is 0. The second-order valence-corrected chi connectivity index (χ2v) is 6.51. The summed E-state index contributed by atoms with van der Waals surface area (Å²) in [6.07, 6.45) is 3.62. The molecule has 0 saturated carbocycles. The van der Waals surface area contributed by atoms with Gasteiger partial charge in [-0.15, -0.1) is 0 Å². The van der Waals surface area contributed by atoms with Crippen molar-refractivity contribution < 1.29 is 20.4 Å². The van der Waals surface area contributed by atoms with Gasteiger partial charge in [-0.05, 0) is 0 Å². The summed E-state index contributed by atoms with van der Waals surface area (Å²) in [6, 6.07) is 20.2. The minimum absolute atomic E-state index is 0. The van der Waals surface area contributed by atoms with Crippen molar-refractivity contribution in [1.29, 1.82) is 0 Å². The molecule has 4 aromatic rings. The molecule has 0 saturated heterocycles. The molecule has 2 heterocycles. The first-order chi connectivity index (χ1) is 10.8. The molecule has 0 aliphatic carbocycles. The van der Waals surface area contributed by atoms with Gasteiger partial charge in [-0.25, -0.2) is 0 Å². The molecule has 0 atom stereocenters. The minimum atomic E-state index is 0. The molecule has 4 rings (SSSR count). The summed E-state index contributed by atoms with van der Waals surface area (Å²) in [5.74, 6) is 0. The van der Waals surface area contributed by atoms with Crippen LogP contribution in [0.5, 0.6) is 0 Å². The van der Waals surface area contributed by atoms with E-state index >= 15 is 0 Å². The van der Waals surface area contributed by atoms with E-state index < -0.39 is 0 Å². The zero-order chi connectivity index (χ0) is 15.4. The van der Waals surface area contributed by atoms with Gasteiger partial charge >= 0.3 is 146 Å². The number of nitrogens with zero attached hydrogens (tertiary/aromatic N) is 2. The fraction of sp³-hybridized carbons (Fsp3) is 0. The quantitative estimate of drug-likeness (QED) is 0.332. The Bertz CT molecular complexity index is 841. The van der Waals surface area contributed by atoms with E-state index in [-0.39, 0.29) is 20.4 Å². The van der Waals surface area contributed by atoms with Crippen molar-refractivity contribution in [3.8, 4) is 0 Å². The summed E-state index contributed by atoms with van der Waals surface area (Å²) in [4.78, 5) is 8.50. The van der Waals surface area contributed by atoms with Gasteiger partial charge < -0.3 is 0 Å². The standard InChI is InChI=1S/2C9H6NSe.Pd/c2*11-8-5-1-3-7-4-2-6-10-9(7)8;/h2*1-6H;. The van der Waals surface area contributed by atoms with Crippen molar-refractivity contribution in [2.45, 2.75) is 0 Å². The number of aromatic nitrogens is 2. The van der Waals surface area contributed by atoms with E-state index in [1.165, 1.54) is 10.8 Å². The van der Waals surface area contributed by atoms with Crippen molar-refractivity contribution in [3.05, 3.63) is 73.1 Å². The molecule has 0 unspecified atom stereocenters. The number of hydrogen-bond acceptors (Lipinski definition) is 2. The van der Waals surface area contributed by atoms with E-state index in [1.807, 2.05) is 48.8 Å². The predicted molar refractivity (Wildman–Crippen MR) is 94.3 cm³/mol. The molecule has 0 spiro atoms. The molecule has 2 nitrogen and oxygen atoms in total. The summed E-state index contributed by atoms with van der Waals surface area (Å²) in [5, 5.41) is 2.37. The van der Waals surface area contributed by atoms with Crippen molar-refractivity contribution in [2.75, 3.05) is 0 Å². The van der Waals surface area contributed by atoms with Gasteiger partial charge in [0.05, 0.1) is 0 Å². The van der Waals surface area contributed by atoms with Gasteiger partial charge in [-0.1, -0.05) is 0 Å². The molecule has 2 aromatic heterocycles. The number of benzene rings is 2. The molecule has 0 aliphatic rings. The number of fused-ring (bicyclic) bond motifs is 2. The SMILES string of the molecule is [Pd].[Se]c1cccc2cccnc12.[Se]c1cccc2cccnc12. The Balaban J connectivity index is 0.000000160. The molecule has 0 aliphatic heterocycles. The van der Waals surface area contributed by atoms with Crippen molar-refractivity contribution in [1.82, 2.24) is 9.97 Å². The Labute approximate surface area is 165 Å². The van der Waals surface area contributed by atoms with Crippen LogP contribution in [0.4, 0.5) is 0 Å². The first-order valence-corrected chi connectivity index (χ1v) is 8.48. The Kier molecular flexibility index (Phi) is 6.93. The Hall–Kier alpha value is -1.04. The van der Waals surface area contributed by atoms with E-state index in [0.717, 1.165) is 20.0 Å². The van der Waals surface area contributed by atoms with E-state index in [1.54, 1.807) is 0 Å². The van der Waals surface area contributed by atoms with Crippen LogP contribution < -0.4 is 8.92 Å². The monoisotopic (exact) mass is 522 g/mol. The molecular weight excluding hydrogens is 509 g/mol. The van der Waals surface area contributed by atoms with Gasteiger partial charge in [-0.3, -0.25) is 0 Å². The van der Waals surface area contributed by atoms with Gasteiger partial charge in [0, 0.05) is 20.4 Å². The molecule has 0 amide bonds. The van der Waals surface area contributed by atoms with Crippen molar-refractivity contribution >= 4 is 62.8 Å². The third-order valence-electron chi connectivity index (χ3n) is 3.19. The van der Waals surface area contributed by atoms with Crippen molar-refractivity contribution in [2.24, 2.45) is 0 Å². The van der Waals surface area contributed by atoms with E-state index in [2.05, 4.69) is 66.3 Å². The molecule has 5 heteroatoms.